The van der Waals surface area contributed by atoms with Crippen molar-refractivity contribution in [3.8, 4) is 5.75 Å². The van der Waals surface area contributed by atoms with E-state index in [1.165, 1.54) is 25.3 Å². The fourth-order valence-electron chi connectivity index (χ4n) is 1.62. The molecule has 1 aromatic carbocycles. The number of sulfonamides is 1. The van der Waals surface area contributed by atoms with E-state index in [0.29, 0.717) is 11.6 Å². The Kier molecular flexibility index (Phi) is 4.32. The molecule has 2 aromatic rings. The van der Waals surface area contributed by atoms with E-state index in [9.17, 15) is 8.42 Å². The molecule has 0 fully saturated rings. The van der Waals surface area contributed by atoms with E-state index in [1.807, 2.05) is 0 Å². The molecule has 0 radical (unpaired) electrons. The van der Waals surface area contributed by atoms with Gasteiger partial charge in [-0.05, 0) is 18.2 Å². The van der Waals surface area contributed by atoms with Crippen molar-refractivity contribution in [3.05, 3.63) is 41.4 Å². The molecule has 1 N–H and O–H groups in total. The lowest BCUT2D eigenvalue weighted by molar-refractivity contribution is 0.414. The summed E-state index contributed by atoms with van der Waals surface area (Å²) in [6.07, 6.45) is 3.35. The number of hydrogen-bond donors (Lipinski definition) is 1. The van der Waals surface area contributed by atoms with E-state index in [-0.39, 0.29) is 16.5 Å². The fourth-order valence-corrected chi connectivity index (χ4v) is 2.95. The first kappa shape index (κ1) is 14.8. The van der Waals surface area contributed by atoms with Crippen LogP contribution >= 0.6 is 11.6 Å². The molecule has 1 heterocycles. The highest BCUT2D eigenvalue weighted by Gasteiger charge is 2.16. The van der Waals surface area contributed by atoms with Gasteiger partial charge in [0.1, 0.15) is 11.6 Å². The number of aryl methyl sites for hydroxylation is 1. The molecule has 1 aromatic heterocycles. The molecule has 20 heavy (non-hydrogen) atoms. The summed E-state index contributed by atoms with van der Waals surface area (Å²) >= 11 is 5.93. The molecule has 6 nitrogen and oxygen atoms in total. The van der Waals surface area contributed by atoms with Crippen molar-refractivity contribution in [3.63, 3.8) is 0 Å². The van der Waals surface area contributed by atoms with Gasteiger partial charge in [-0.2, -0.15) is 0 Å². The van der Waals surface area contributed by atoms with E-state index < -0.39 is 10.0 Å². The third-order valence-electron chi connectivity index (χ3n) is 2.77. The lowest BCUT2D eigenvalue weighted by atomic mass is 10.3. The van der Waals surface area contributed by atoms with Crippen molar-refractivity contribution in [2.45, 2.75) is 11.4 Å². The zero-order valence-electron chi connectivity index (χ0n) is 11.0. The summed E-state index contributed by atoms with van der Waals surface area (Å²) < 4.78 is 33.5. The molecule has 0 atom stereocenters. The molecule has 0 spiro atoms. The quantitative estimate of drug-likeness (QED) is 0.908. The first-order chi connectivity index (χ1) is 9.44. The first-order valence-corrected chi connectivity index (χ1v) is 7.59. The molecule has 0 saturated heterocycles. The molecule has 0 aliphatic heterocycles. The van der Waals surface area contributed by atoms with Gasteiger partial charge in [0.25, 0.3) is 0 Å². The number of nitrogens with zero attached hydrogens (tertiary/aromatic N) is 2. The normalized spacial score (nSPS) is 11.6. The molecule has 2 rings (SSSR count). The number of benzene rings is 1. The van der Waals surface area contributed by atoms with Crippen LogP contribution in [0.25, 0.3) is 0 Å². The summed E-state index contributed by atoms with van der Waals surface area (Å²) in [6.45, 7) is 0.107. The van der Waals surface area contributed by atoms with Crippen LogP contribution in [0.2, 0.25) is 5.02 Å². The third-order valence-corrected chi connectivity index (χ3v) is 4.47. The Balaban J connectivity index is 2.18. The molecule has 0 aliphatic rings. The number of rotatable bonds is 5. The zero-order valence-corrected chi connectivity index (χ0v) is 12.6. The van der Waals surface area contributed by atoms with Gasteiger partial charge in [0, 0.05) is 19.4 Å². The summed E-state index contributed by atoms with van der Waals surface area (Å²) in [5.74, 6) is 1.04. The van der Waals surface area contributed by atoms with Gasteiger partial charge < -0.3 is 9.30 Å². The Labute approximate surface area is 122 Å². The van der Waals surface area contributed by atoms with Crippen LogP contribution in [0.1, 0.15) is 5.82 Å². The van der Waals surface area contributed by atoms with Gasteiger partial charge in [0.2, 0.25) is 10.0 Å². The van der Waals surface area contributed by atoms with Crippen molar-refractivity contribution < 1.29 is 13.2 Å². The summed E-state index contributed by atoms with van der Waals surface area (Å²) in [6, 6.07) is 4.30. The van der Waals surface area contributed by atoms with E-state index in [2.05, 4.69) is 9.71 Å². The average Bonchev–Trinajstić information content (AvgIpc) is 2.82. The van der Waals surface area contributed by atoms with E-state index in [0.717, 1.165) is 0 Å². The predicted molar refractivity (Wildman–Crippen MR) is 75.2 cm³/mol. The van der Waals surface area contributed by atoms with Gasteiger partial charge in [-0.1, -0.05) is 11.6 Å². The van der Waals surface area contributed by atoms with Crippen molar-refractivity contribution in [1.82, 2.24) is 14.3 Å². The molecule has 0 amide bonds. The smallest absolute Gasteiger partial charge is 0.241 e. The van der Waals surface area contributed by atoms with Gasteiger partial charge >= 0.3 is 0 Å². The number of hydrogen-bond acceptors (Lipinski definition) is 4. The van der Waals surface area contributed by atoms with Crippen molar-refractivity contribution in [1.29, 1.82) is 0 Å². The maximum Gasteiger partial charge on any atom is 0.241 e. The van der Waals surface area contributed by atoms with Crippen LogP contribution in [0.3, 0.4) is 0 Å². The highest BCUT2D eigenvalue weighted by molar-refractivity contribution is 7.89. The molecule has 0 unspecified atom stereocenters. The average molecular weight is 316 g/mol. The lowest BCUT2D eigenvalue weighted by Gasteiger charge is -2.09. The van der Waals surface area contributed by atoms with Crippen molar-refractivity contribution in [2.75, 3.05) is 7.11 Å². The number of aromatic nitrogens is 2. The molecule has 0 aliphatic carbocycles. The maximum atomic E-state index is 12.1. The second-order valence-corrected chi connectivity index (χ2v) is 6.25. The highest BCUT2D eigenvalue weighted by atomic mass is 35.5. The Morgan fingerprint density at radius 3 is 2.75 bits per heavy atom. The standard InChI is InChI=1S/C12H14ClN3O3S/c1-16-6-5-14-12(16)8-15-20(17,18)9-3-4-11(19-2)10(13)7-9/h3-7,15H,8H2,1-2H3. The Bertz CT molecular complexity index is 712. The molecule has 0 bridgehead atoms. The molecule has 0 saturated carbocycles. The number of ether oxygens (including phenoxy) is 1. The SMILES string of the molecule is COc1ccc(S(=O)(=O)NCc2nccn2C)cc1Cl. The fraction of sp³-hybridized carbons (Fsp3) is 0.250. The summed E-state index contributed by atoms with van der Waals surface area (Å²) in [7, 11) is -0.384. The van der Waals surface area contributed by atoms with Gasteiger partial charge in [-0.3, -0.25) is 0 Å². The largest absolute Gasteiger partial charge is 0.495 e. The molecular formula is C12H14ClN3O3S. The minimum Gasteiger partial charge on any atom is -0.495 e. The van der Waals surface area contributed by atoms with Crippen molar-refractivity contribution >= 4 is 21.6 Å². The van der Waals surface area contributed by atoms with Gasteiger partial charge in [0.15, 0.2) is 0 Å². The molecule has 8 heteroatoms. The van der Waals surface area contributed by atoms with E-state index in [1.54, 1.807) is 24.0 Å². The van der Waals surface area contributed by atoms with E-state index >= 15 is 0 Å². The number of methoxy groups -OCH3 is 1. The van der Waals surface area contributed by atoms with Crippen LogP contribution in [0.5, 0.6) is 5.75 Å². The van der Waals surface area contributed by atoms with Crippen LogP contribution < -0.4 is 9.46 Å². The second kappa shape index (κ2) is 5.82. The summed E-state index contributed by atoms with van der Waals surface area (Å²) in [5, 5.41) is 0.243. The van der Waals surface area contributed by atoms with Crippen molar-refractivity contribution in [2.24, 2.45) is 7.05 Å². The van der Waals surface area contributed by atoms with Crippen LogP contribution in [-0.2, 0) is 23.6 Å². The Morgan fingerprint density at radius 1 is 1.45 bits per heavy atom. The van der Waals surface area contributed by atoms with Crippen LogP contribution in [-0.4, -0.2) is 25.1 Å². The minimum atomic E-state index is -3.64. The second-order valence-electron chi connectivity index (χ2n) is 4.08. The summed E-state index contributed by atoms with van der Waals surface area (Å²) in [5.41, 5.74) is 0. The lowest BCUT2D eigenvalue weighted by Crippen LogP contribution is -2.24. The predicted octanol–water partition coefficient (Wildman–Crippen LogP) is 1.56. The first-order valence-electron chi connectivity index (χ1n) is 5.73. The highest BCUT2D eigenvalue weighted by Crippen LogP contribution is 2.26. The topological polar surface area (TPSA) is 73.2 Å². The number of halogens is 1. The minimum absolute atomic E-state index is 0.0810. The summed E-state index contributed by atoms with van der Waals surface area (Å²) in [4.78, 5) is 4.13. The van der Waals surface area contributed by atoms with E-state index in [4.69, 9.17) is 16.3 Å². The molecular weight excluding hydrogens is 302 g/mol. The monoisotopic (exact) mass is 315 g/mol. The number of nitrogens with one attached hydrogen (secondary N) is 1. The zero-order chi connectivity index (χ0) is 14.8. The third kappa shape index (κ3) is 3.12. The van der Waals surface area contributed by atoms with Crippen LogP contribution in [0, 0.1) is 0 Å². The Hall–Kier alpha value is -1.57. The number of imidazole rings is 1. The van der Waals surface area contributed by atoms with Gasteiger partial charge in [-0.25, -0.2) is 18.1 Å². The Morgan fingerprint density at radius 2 is 2.20 bits per heavy atom. The van der Waals surface area contributed by atoms with Crippen LogP contribution in [0.4, 0.5) is 0 Å². The maximum absolute atomic E-state index is 12.1. The van der Waals surface area contributed by atoms with Crippen LogP contribution in [0.15, 0.2) is 35.5 Å². The van der Waals surface area contributed by atoms with Gasteiger partial charge in [0.05, 0.1) is 23.6 Å². The molecule has 108 valence electrons. The van der Waals surface area contributed by atoms with Gasteiger partial charge in [-0.15, -0.1) is 0 Å².